The molecule has 100 valence electrons. The molecule has 0 aliphatic heterocycles. The smallest absolute Gasteiger partial charge is 0.142 e. The molecule has 0 unspecified atom stereocenters. The average Bonchev–Trinajstić information content (AvgIpc) is 2.92. The van der Waals surface area contributed by atoms with Crippen LogP contribution in [0.5, 0.6) is 0 Å². The van der Waals surface area contributed by atoms with E-state index in [0.717, 1.165) is 32.5 Å². The van der Waals surface area contributed by atoms with Crippen molar-refractivity contribution in [1.29, 1.82) is 0 Å². The third-order valence-corrected chi connectivity index (χ3v) is 4.20. The molecule has 0 spiro atoms. The van der Waals surface area contributed by atoms with Gasteiger partial charge in [0.25, 0.3) is 0 Å². The van der Waals surface area contributed by atoms with Crippen molar-refractivity contribution in [3.63, 3.8) is 0 Å². The lowest BCUT2D eigenvalue weighted by Crippen LogP contribution is -1.98. The van der Waals surface area contributed by atoms with Gasteiger partial charge in [0.15, 0.2) is 0 Å². The highest BCUT2D eigenvalue weighted by Gasteiger charge is 2.13. The summed E-state index contributed by atoms with van der Waals surface area (Å²) >= 11 is 1.65. The standard InChI is InChI=1S/C16H15N3S/c1-11-6-5-9-13(18-11)16-19-14(10-17)15(20-16)12-7-3-2-4-8-12/h2-9H,10,17H2,1H3. The van der Waals surface area contributed by atoms with Gasteiger partial charge in [-0.3, -0.25) is 4.98 Å². The first-order valence-corrected chi connectivity index (χ1v) is 7.29. The highest BCUT2D eigenvalue weighted by Crippen LogP contribution is 2.34. The second-order valence-corrected chi connectivity index (χ2v) is 5.53. The van der Waals surface area contributed by atoms with Crippen LogP contribution in [0.25, 0.3) is 21.1 Å². The Hall–Kier alpha value is -2.04. The number of rotatable bonds is 3. The summed E-state index contributed by atoms with van der Waals surface area (Å²) in [4.78, 5) is 10.3. The summed E-state index contributed by atoms with van der Waals surface area (Å²) in [5.41, 5.74) is 9.82. The first-order chi connectivity index (χ1) is 9.78. The van der Waals surface area contributed by atoms with E-state index < -0.39 is 0 Å². The van der Waals surface area contributed by atoms with Gasteiger partial charge in [-0.25, -0.2) is 4.98 Å². The number of nitrogens with two attached hydrogens (primary N) is 1. The number of hydrogen-bond acceptors (Lipinski definition) is 4. The maximum atomic E-state index is 5.83. The van der Waals surface area contributed by atoms with Crippen LogP contribution in [0.1, 0.15) is 11.4 Å². The molecule has 3 nitrogen and oxygen atoms in total. The molecule has 0 saturated carbocycles. The van der Waals surface area contributed by atoms with E-state index in [1.54, 1.807) is 11.3 Å². The van der Waals surface area contributed by atoms with Gasteiger partial charge in [-0.1, -0.05) is 36.4 Å². The SMILES string of the molecule is Cc1cccc(-c2nc(CN)c(-c3ccccc3)s2)n1. The van der Waals surface area contributed by atoms with Crippen molar-refractivity contribution in [1.82, 2.24) is 9.97 Å². The number of nitrogens with zero attached hydrogens (tertiary/aromatic N) is 2. The molecule has 2 aromatic heterocycles. The Balaban J connectivity index is 2.10. The Labute approximate surface area is 122 Å². The fourth-order valence-electron chi connectivity index (χ4n) is 2.08. The van der Waals surface area contributed by atoms with Gasteiger partial charge in [0.1, 0.15) is 5.01 Å². The Kier molecular flexibility index (Phi) is 3.58. The third-order valence-electron chi connectivity index (χ3n) is 3.03. The van der Waals surface area contributed by atoms with Crippen LogP contribution < -0.4 is 5.73 Å². The molecule has 0 radical (unpaired) electrons. The van der Waals surface area contributed by atoms with Crippen LogP contribution >= 0.6 is 11.3 Å². The maximum absolute atomic E-state index is 5.83. The zero-order valence-electron chi connectivity index (χ0n) is 11.2. The topological polar surface area (TPSA) is 51.8 Å². The number of hydrogen-bond donors (Lipinski definition) is 1. The molecular formula is C16H15N3S. The fraction of sp³-hybridized carbons (Fsp3) is 0.125. The normalized spacial score (nSPS) is 10.7. The summed E-state index contributed by atoms with van der Waals surface area (Å²) in [6.45, 7) is 2.42. The summed E-state index contributed by atoms with van der Waals surface area (Å²) in [5, 5.41) is 0.924. The van der Waals surface area contributed by atoms with Gasteiger partial charge in [0.05, 0.1) is 16.3 Å². The quantitative estimate of drug-likeness (QED) is 0.797. The minimum atomic E-state index is 0.437. The number of pyridine rings is 1. The van der Waals surface area contributed by atoms with Crippen LogP contribution in [0.3, 0.4) is 0 Å². The first-order valence-electron chi connectivity index (χ1n) is 6.47. The van der Waals surface area contributed by atoms with E-state index in [2.05, 4.69) is 22.1 Å². The van der Waals surface area contributed by atoms with Crippen LogP contribution in [-0.4, -0.2) is 9.97 Å². The largest absolute Gasteiger partial charge is 0.325 e. The predicted octanol–water partition coefficient (Wildman–Crippen LogP) is 3.64. The third kappa shape index (κ3) is 2.48. The van der Waals surface area contributed by atoms with Gasteiger partial charge in [-0.15, -0.1) is 11.3 Å². The summed E-state index contributed by atoms with van der Waals surface area (Å²) in [6, 6.07) is 16.2. The minimum Gasteiger partial charge on any atom is -0.325 e. The molecule has 3 aromatic rings. The van der Waals surface area contributed by atoms with Gasteiger partial charge in [0.2, 0.25) is 0 Å². The van der Waals surface area contributed by atoms with E-state index in [4.69, 9.17) is 5.73 Å². The number of thiazole rings is 1. The van der Waals surface area contributed by atoms with Crippen molar-refractivity contribution < 1.29 is 0 Å². The van der Waals surface area contributed by atoms with Crippen molar-refractivity contribution >= 4 is 11.3 Å². The Bertz CT molecular complexity index is 720. The molecule has 2 heterocycles. The number of benzene rings is 1. The molecule has 2 N–H and O–H groups in total. The van der Waals surface area contributed by atoms with Crippen LogP contribution in [0.4, 0.5) is 0 Å². The zero-order chi connectivity index (χ0) is 13.9. The number of aromatic nitrogens is 2. The van der Waals surface area contributed by atoms with E-state index >= 15 is 0 Å². The molecule has 4 heteroatoms. The first kappa shape index (κ1) is 13.0. The van der Waals surface area contributed by atoms with Crippen LogP contribution in [-0.2, 0) is 6.54 Å². The van der Waals surface area contributed by atoms with Crippen molar-refractivity contribution in [3.05, 3.63) is 59.9 Å². The van der Waals surface area contributed by atoms with Crippen LogP contribution in [0.2, 0.25) is 0 Å². The summed E-state index contributed by atoms with van der Waals surface area (Å²) < 4.78 is 0. The minimum absolute atomic E-state index is 0.437. The summed E-state index contributed by atoms with van der Waals surface area (Å²) in [6.07, 6.45) is 0. The highest BCUT2D eigenvalue weighted by molar-refractivity contribution is 7.18. The average molecular weight is 281 g/mol. The molecule has 3 rings (SSSR count). The molecule has 0 saturated heterocycles. The van der Waals surface area contributed by atoms with Gasteiger partial charge in [-0.05, 0) is 24.6 Å². The van der Waals surface area contributed by atoms with Gasteiger partial charge in [0, 0.05) is 12.2 Å². The van der Waals surface area contributed by atoms with Crippen LogP contribution in [0.15, 0.2) is 48.5 Å². The van der Waals surface area contributed by atoms with Gasteiger partial charge < -0.3 is 5.73 Å². The lowest BCUT2D eigenvalue weighted by molar-refractivity contribution is 1.01. The molecule has 0 fully saturated rings. The Morgan fingerprint density at radius 2 is 1.80 bits per heavy atom. The predicted molar refractivity (Wildman–Crippen MR) is 83.4 cm³/mol. The van der Waals surface area contributed by atoms with Crippen LogP contribution in [0, 0.1) is 6.92 Å². The Morgan fingerprint density at radius 3 is 2.50 bits per heavy atom. The van der Waals surface area contributed by atoms with Crippen molar-refractivity contribution in [2.45, 2.75) is 13.5 Å². The molecule has 0 amide bonds. The lowest BCUT2D eigenvalue weighted by Gasteiger charge is -1.98. The molecule has 20 heavy (non-hydrogen) atoms. The summed E-state index contributed by atoms with van der Waals surface area (Å²) in [5.74, 6) is 0. The molecule has 0 bridgehead atoms. The molecule has 1 aromatic carbocycles. The summed E-state index contributed by atoms with van der Waals surface area (Å²) in [7, 11) is 0. The molecule has 0 atom stereocenters. The second-order valence-electron chi connectivity index (χ2n) is 4.53. The van der Waals surface area contributed by atoms with Crippen molar-refractivity contribution in [2.75, 3.05) is 0 Å². The highest BCUT2D eigenvalue weighted by atomic mass is 32.1. The maximum Gasteiger partial charge on any atom is 0.142 e. The zero-order valence-corrected chi connectivity index (χ0v) is 12.0. The monoisotopic (exact) mass is 281 g/mol. The second kappa shape index (κ2) is 5.53. The number of aryl methyl sites for hydroxylation is 1. The lowest BCUT2D eigenvalue weighted by atomic mass is 10.1. The van der Waals surface area contributed by atoms with Crippen molar-refractivity contribution in [2.24, 2.45) is 5.73 Å². The van der Waals surface area contributed by atoms with Gasteiger partial charge >= 0.3 is 0 Å². The Morgan fingerprint density at radius 1 is 1.00 bits per heavy atom. The molecular weight excluding hydrogens is 266 g/mol. The van der Waals surface area contributed by atoms with E-state index in [9.17, 15) is 0 Å². The molecule has 0 aliphatic rings. The fourth-order valence-corrected chi connectivity index (χ4v) is 3.15. The van der Waals surface area contributed by atoms with E-state index in [1.807, 2.05) is 43.3 Å². The molecule has 0 aliphatic carbocycles. The van der Waals surface area contributed by atoms with Gasteiger partial charge in [-0.2, -0.15) is 0 Å². The van der Waals surface area contributed by atoms with Crippen molar-refractivity contribution in [3.8, 4) is 21.1 Å². The van der Waals surface area contributed by atoms with E-state index in [0.29, 0.717) is 6.54 Å². The van der Waals surface area contributed by atoms with E-state index in [-0.39, 0.29) is 0 Å². The van der Waals surface area contributed by atoms with E-state index in [1.165, 1.54) is 0 Å².